The summed E-state index contributed by atoms with van der Waals surface area (Å²) in [7, 11) is 1.74. The lowest BCUT2D eigenvalue weighted by molar-refractivity contribution is -0.116. The van der Waals surface area contributed by atoms with Crippen molar-refractivity contribution in [2.24, 2.45) is 10.9 Å². The highest BCUT2D eigenvalue weighted by atomic mass is 127. The Morgan fingerprint density at radius 2 is 2.00 bits per heavy atom. The molecule has 0 heterocycles. The summed E-state index contributed by atoms with van der Waals surface area (Å²) in [6.45, 7) is 2.76. The zero-order valence-corrected chi connectivity index (χ0v) is 16.6. The Labute approximate surface area is 156 Å². The molecule has 5 nitrogen and oxygen atoms in total. The number of rotatable bonds is 5. The minimum absolute atomic E-state index is 0. The molecule has 0 saturated heterocycles. The zero-order chi connectivity index (χ0) is 15.2. The molecule has 1 aromatic rings. The van der Waals surface area contributed by atoms with Gasteiger partial charge in [0.25, 0.3) is 0 Å². The Hall–Kier alpha value is -0.830. The van der Waals surface area contributed by atoms with Crippen LogP contribution in [0.1, 0.15) is 19.8 Å². The van der Waals surface area contributed by atoms with Gasteiger partial charge < -0.3 is 16.0 Å². The molecule has 0 aromatic heterocycles. The number of amides is 1. The predicted molar refractivity (Wildman–Crippen MR) is 105 cm³/mol. The first-order valence-electron chi connectivity index (χ1n) is 7.11. The SMILES string of the molecule is CN=C(NCCC(=O)Nc1ccc(Br)cc1)NC1CC1C.I. The quantitative estimate of drug-likeness (QED) is 0.345. The summed E-state index contributed by atoms with van der Waals surface area (Å²) in [6.07, 6.45) is 1.59. The number of guanidine groups is 1. The van der Waals surface area contributed by atoms with E-state index in [4.69, 9.17) is 0 Å². The fraction of sp³-hybridized carbons (Fsp3) is 0.467. The van der Waals surface area contributed by atoms with Gasteiger partial charge in [0.05, 0.1) is 0 Å². The molecule has 3 N–H and O–H groups in total. The summed E-state index contributed by atoms with van der Waals surface area (Å²) in [5.41, 5.74) is 0.803. The third kappa shape index (κ3) is 6.51. The van der Waals surface area contributed by atoms with Crippen LogP contribution in [0.25, 0.3) is 0 Å². The van der Waals surface area contributed by atoms with Gasteiger partial charge in [-0.15, -0.1) is 24.0 Å². The van der Waals surface area contributed by atoms with Gasteiger partial charge in [0.2, 0.25) is 5.91 Å². The van der Waals surface area contributed by atoms with E-state index in [-0.39, 0.29) is 29.9 Å². The molecule has 7 heteroatoms. The van der Waals surface area contributed by atoms with Crippen LogP contribution < -0.4 is 16.0 Å². The summed E-state index contributed by atoms with van der Waals surface area (Å²) in [5.74, 6) is 1.46. The van der Waals surface area contributed by atoms with Crippen LogP contribution in [-0.2, 0) is 4.79 Å². The van der Waals surface area contributed by atoms with E-state index < -0.39 is 0 Å². The van der Waals surface area contributed by atoms with Crippen molar-refractivity contribution in [3.63, 3.8) is 0 Å². The standard InChI is InChI=1S/C15H21BrN4O.HI/c1-10-9-13(10)20-15(17-2)18-8-7-14(21)19-12-5-3-11(16)4-6-12;/h3-6,10,13H,7-9H2,1-2H3,(H,19,21)(H2,17,18,20);1H. The van der Waals surface area contributed by atoms with Crippen LogP contribution in [0, 0.1) is 5.92 Å². The van der Waals surface area contributed by atoms with Crippen molar-refractivity contribution in [3.8, 4) is 0 Å². The third-order valence-corrected chi connectivity index (χ3v) is 3.96. The number of nitrogens with zero attached hydrogens (tertiary/aromatic N) is 1. The molecule has 1 saturated carbocycles. The van der Waals surface area contributed by atoms with Crippen LogP contribution in [0.3, 0.4) is 0 Å². The number of halogens is 2. The number of hydrogen-bond donors (Lipinski definition) is 3. The van der Waals surface area contributed by atoms with Gasteiger partial charge in [-0.05, 0) is 36.6 Å². The number of carbonyl (C=O) groups is 1. The molecule has 122 valence electrons. The van der Waals surface area contributed by atoms with Crippen molar-refractivity contribution in [3.05, 3.63) is 28.7 Å². The lowest BCUT2D eigenvalue weighted by atomic mass is 10.3. The molecule has 0 aliphatic heterocycles. The smallest absolute Gasteiger partial charge is 0.226 e. The molecule has 0 bridgehead atoms. The molecule has 1 aliphatic rings. The summed E-state index contributed by atoms with van der Waals surface area (Å²) >= 11 is 3.36. The van der Waals surface area contributed by atoms with Gasteiger partial charge in [-0.3, -0.25) is 9.79 Å². The first-order valence-corrected chi connectivity index (χ1v) is 7.90. The zero-order valence-electron chi connectivity index (χ0n) is 12.7. The van der Waals surface area contributed by atoms with Gasteiger partial charge >= 0.3 is 0 Å². The number of nitrogens with one attached hydrogen (secondary N) is 3. The van der Waals surface area contributed by atoms with E-state index in [2.05, 4.69) is 43.8 Å². The van der Waals surface area contributed by atoms with Crippen LogP contribution in [0.5, 0.6) is 0 Å². The molecule has 1 amide bonds. The summed E-state index contributed by atoms with van der Waals surface area (Å²) in [6, 6.07) is 8.05. The van der Waals surface area contributed by atoms with Crippen molar-refractivity contribution in [2.45, 2.75) is 25.8 Å². The molecule has 2 atom stereocenters. The second-order valence-corrected chi connectivity index (χ2v) is 6.18. The molecular formula is C15H22BrIN4O. The average molecular weight is 481 g/mol. The Morgan fingerprint density at radius 3 is 2.55 bits per heavy atom. The van der Waals surface area contributed by atoms with Gasteiger partial charge in [-0.2, -0.15) is 0 Å². The van der Waals surface area contributed by atoms with Gasteiger partial charge in [0.1, 0.15) is 0 Å². The van der Waals surface area contributed by atoms with Crippen molar-refractivity contribution in [1.82, 2.24) is 10.6 Å². The van der Waals surface area contributed by atoms with Gasteiger partial charge in [0, 0.05) is 36.2 Å². The van der Waals surface area contributed by atoms with E-state index in [1.807, 2.05) is 24.3 Å². The lowest BCUT2D eigenvalue weighted by Crippen LogP contribution is -2.40. The van der Waals surface area contributed by atoms with Crippen LogP contribution in [0.2, 0.25) is 0 Å². The highest BCUT2D eigenvalue weighted by molar-refractivity contribution is 14.0. The maximum Gasteiger partial charge on any atom is 0.226 e. The summed E-state index contributed by atoms with van der Waals surface area (Å²) in [4.78, 5) is 16.0. The molecule has 0 radical (unpaired) electrons. The molecule has 1 aliphatic carbocycles. The van der Waals surface area contributed by atoms with E-state index in [1.54, 1.807) is 7.05 Å². The molecule has 1 fully saturated rings. The normalized spacial score (nSPS) is 19.9. The number of anilines is 1. The molecule has 2 unspecified atom stereocenters. The molecule has 22 heavy (non-hydrogen) atoms. The van der Waals surface area contributed by atoms with E-state index in [1.165, 1.54) is 6.42 Å². The fourth-order valence-electron chi connectivity index (χ4n) is 1.94. The minimum atomic E-state index is -0.0138. The minimum Gasteiger partial charge on any atom is -0.356 e. The van der Waals surface area contributed by atoms with Gasteiger partial charge in [0.15, 0.2) is 5.96 Å². The second-order valence-electron chi connectivity index (χ2n) is 5.27. The van der Waals surface area contributed by atoms with Crippen LogP contribution >= 0.6 is 39.9 Å². The third-order valence-electron chi connectivity index (χ3n) is 3.43. The van der Waals surface area contributed by atoms with Crippen molar-refractivity contribution < 1.29 is 4.79 Å². The van der Waals surface area contributed by atoms with E-state index >= 15 is 0 Å². The number of carbonyl (C=O) groups excluding carboxylic acids is 1. The first kappa shape index (κ1) is 19.2. The molecular weight excluding hydrogens is 459 g/mol. The molecule has 0 spiro atoms. The predicted octanol–water partition coefficient (Wildman–Crippen LogP) is 2.97. The van der Waals surface area contributed by atoms with Crippen LogP contribution in [-0.4, -0.2) is 31.5 Å². The topological polar surface area (TPSA) is 65.5 Å². The van der Waals surface area contributed by atoms with E-state index in [0.29, 0.717) is 24.9 Å². The average Bonchev–Trinajstić information content (AvgIpc) is 3.15. The Balaban J connectivity index is 0.00000242. The maximum atomic E-state index is 11.8. The Morgan fingerprint density at radius 1 is 1.36 bits per heavy atom. The summed E-state index contributed by atoms with van der Waals surface area (Å²) < 4.78 is 0.992. The summed E-state index contributed by atoms with van der Waals surface area (Å²) in [5, 5.41) is 9.34. The van der Waals surface area contributed by atoms with Crippen LogP contribution in [0.4, 0.5) is 5.69 Å². The first-order chi connectivity index (χ1) is 10.1. The largest absolute Gasteiger partial charge is 0.356 e. The lowest BCUT2D eigenvalue weighted by Gasteiger charge is -2.11. The van der Waals surface area contributed by atoms with Crippen LogP contribution in [0.15, 0.2) is 33.7 Å². The number of aliphatic imine (C=N–C) groups is 1. The van der Waals surface area contributed by atoms with Crippen molar-refractivity contribution >= 4 is 57.5 Å². The van der Waals surface area contributed by atoms with Gasteiger partial charge in [-0.1, -0.05) is 22.9 Å². The maximum absolute atomic E-state index is 11.8. The number of hydrogen-bond acceptors (Lipinski definition) is 2. The molecule has 1 aromatic carbocycles. The second kappa shape index (κ2) is 9.34. The Kier molecular flexibility index (Phi) is 8.16. The highest BCUT2D eigenvalue weighted by Gasteiger charge is 2.33. The molecule has 2 rings (SSSR count). The number of benzene rings is 1. The van der Waals surface area contributed by atoms with E-state index in [9.17, 15) is 4.79 Å². The van der Waals surface area contributed by atoms with Gasteiger partial charge in [-0.25, -0.2) is 0 Å². The van der Waals surface area contributed by atoms with E-state index in [0.717, 1.165) is 16.1 Å². The van der Waals surface area contributed by atoms with Crippen molar-refractivity contribution in [1.29, 1.82) is 0 Å². The highest BCUT2D eigenvalue weighted by Crippen LogP contribution is 2.28. The monoisotopic (exact) mass is 480 g/mol. The Bertz CT molecular complexity index is 521. The fourth-order valence-corrected chi connectivity index (χ4v) is 2.21. The van der Waals surface area contributed by atoms with Crippen molar-refractivity contribution in [2.75, 3.05) is 18.9 Å².